The Morgan fingerprint density at radius 1 is 1.42 bits per heavy atom. The second kappa shape index (κ2) is 10.1. The number of halogens is 1. The third kappa shape index (κ3) is 5.54. The standard InChI is InChI=1S/C18H27N5OS.ClH/c1-22-12-14(10-21-22)17-6-5-16(25-17)13-23-9-3-2-4-15(23)11-20-18(24)7-8-19;/h5-6,10,12,15H,2-4,7-9,11,13,19H2,1H3,(H,20,24);1H. The SMILES string of the molecule is Cl.Cn1cc(-c2ccc(CN3CCCCC3CNC(=O)CCN)s2)cn1. The number of likely N-dealkylation sites (tertiary alicyclic amines) is 1. The topological polar surface area (TPSA) is 76.2 Å². The Bertz CT molecular complexity index is 701. The van der Waals surface area contributed by atoms with Crippen molar-refractivity contribution in [2.45, 2.75) is 38.3 Å². The molecule has 0 saturated carbocycles. The van der Waals surface area contributed by atoms with Crippen LogP contribution in [0.2, 0.25) is 0 Å². The van der Waals surface area contributed by atoms with Gasteiger partial charge in [0, 0.05) is 60.7 Å². The van der Waals surface area contributed by atoms with Crippen molar-refractivity contribution in [2.75, 3.05) is 19.6 Å². The molecule has 8 heteroatoms. The first-order valence-corrected chi connectivity index (χ1v) is 9.76. The Labute approximate surface area is 165 Å². The van der Waals surface area contributed by atoms with Crippen LogP contribution in [0.5, 0.6) is 0 Å². The van der Waals surface area contributed by atoms with Crippen molar-refractivity contribution in [1.29, 1.82) is 0 Å². The lowest BCUT2D eigenvalue weighted by atomic mass is 10.0. The van der Waals surface area contributed by atoms with Gasteiger partial charge in [0.1, 0.15) is 0 Å². The summed E-state index contributed by atoms with van der Waals surface area (Å²) in [6, 6.07) is 4.81. The highest BCUT2D eigenvalue weighted by molar-refractivity contribution is 7.15. The quantitative estimate of drug-likeness (QED) is 0.752. The molecule has 1 amide bonds. The average Bonchev–Trinajstić information content (AvgIpc) is 3.23. The highest BCUT2D eigenvalue weighted by Gasteiger charge is 2.23. The molecule has 0 aromatic carbocycles. The number of aromatic nitrogens is 2. The number of nitrogens with zero attached hydrogens (tertiary/aromatic N) is 3. The predicted molar refractivity (Wildman–Crippen MR) is 108 cm³/mol. The van der Waals surface area contributed by atoms with Crippen LogP contribution in [0.4, 0.5) is 0 Å². The summed E-state index contributed by atoms with van der Waals surface area (Å²) < 4.78 is 1.83. The lowest BCUT2D eigenvalue weighted by Crippen LogP contribution is -2.46. The maximum Gasteiger partial charge on any atom is 0.221 e. The minimum absolute atomic E-state index is 0. The Morgan fingerprint density at radius 3 is 3.00 bits per heavy atom. The maximum atomic E-state index is 11.7. The second-order valence-electron chi connectivity index (χ2n) is 6.63. The monoisotopic (exact) mass is 397 g/mol. The molecule has 3 rings (SSSR count). The Kier molecular flexibility index (Phi) is 8.09. The zero-order valence-electron chi connectivity index (χ0n) is 15.2. The molecule has 0 radical (unpaired) electrons. The van der Waals surface area contributed by atoms with Gasteiger partial charge in [0.05, 0.1) is 6.20 Å². The van der Waals surface area contributed by atoms with Crippen LogP contribution in [0.3, 0.4) is 0 Å². The van der Waals surface area contributed by atoms with Gasteiger partial charge in [-0.15, -0.1) is 23.7 Å². The van der Waals surface area contributed by atoms with Crippen molar-refractivity contribution in [1.82, 2.24) is 20.0 Å². The molecule has 26 heavy (non-hydrogen) atoms. The lowest BCUT2D eigenvalue weighted by molar-refractivity contribution is -0.121. The average molecular weight is 398 g/mol. The molecule has 144 valence electrons. The minimum atomic E-state index is 0. The first-order chi connectivity index (χ1) is 12.2. The molecule has 0 bridgehead atoms. The molecular weight excluding hydrogens is 370 g/mol. The van der Waals surface area contributed by atoms with Gasteiger partial charge >= 0.3 is 0 Å². The molecule has 1 saturated heterocycles. The number of carbonyl (C=O) groups is 1. The molecule has 0 aliphatic carbocycles. The normalized spacial score (nSPS) is 17.7. The van der Waals surface area contributed by atoms with E-state index in [1.54, 1.807) is 0 Å². The maximum absolute atomic E-state index is 11.7. The highest BCUT2D eigenvalue weighted by Crippen LogP contribution is 2.29. The number of hydrogen-bond acceptors (Lipinski definition) is 5. The largest absolute Gasteiger partial charge is 0.354 e. The van der Waals surface area contributed by atoms with E-state index in [2.05, 4.69) is 27.4 Å². The van der Waals surface area contributed by atoms with Gasteiger partial charge in [0.2, 0.25) is 5.91 Å². The molecule has 1 unspecified atom stereocenters. The zero-order valence-corrected chi connectivity index (χ0v) is 16.8. The lowest BCUT2D eigenvalue weighted by Gasteiger charge is -2.35. The molecule has 0 spiro atoms. The van der Waals surface area contributed by atoms with Crippen LogP contribution in [0, 0.1) is 0 Å². The summed E-state index contributed by atoms with van der Waals surface area (Å²) in [4.78, 5) is 16.8. The first kappa shape index (κ1) is 20.9. The van der Waals surface area contributed by atoms with Crippen LogP contribution in [-0.2, 0) is 18.4 Å². The van der Waals surface area contributed by atoms with E-state index in [1.807, 2.05) is 35.5 Å². The van der Waals surface area contributed by atoms with Crippen molar-refractivity contribution in [3.05, 3.63) is 29.4 Å². The molecule has 1 atom stereocenters. The number of carbonyl (C=O) groups excluding carboxylic acids is 1. The summed E-state index contributed by atoms with van der Waals surface area (Å²) >= 11 is 1.83. The number of nitrogens with one attached hydrogen (secondary N) is 1. The van der Waals surface area contributed by atoms with Crippen molar-refractivity contribution < 1.29 is 4.79 Å². The van der Waals surface area contributed by atoms with Crippen LogP contribution in [0.1, 0.15) is 30.6 Å². The molecule has 6 nitrogen and oxygen atoms in total. The number of thiophene rings is 1. The summed E-state index contributed by atoms with van der Waals surface area (Å²) in [5.74, 6) is 0.0583. The molecule has 1 aliphatic rings. The van der Waals surface area contributed by atoms with Crippen molar-refractivity contribution >= 4 is 29.7 Å². The van der Waals surface area contributed by atoms with Gasteiger partial charge in [-0.2, -0.15) is 5.10 Å². The van der Waals surface area contributed by atoms with Crippen LogP contribution < -0.4 is 11.1 Å². The van der Waals surface area contributed by atoms with E-state index < -0.39 is 0 Å². The van der Waals surface area contributed by atoms with E-state index in [0.29, 0.717) is 19.0 Å². The Morgan fingerprint density at radius 2 is 2.27 bits per heavy atom. The summed E-state index contributed by atoms with van der Waals surface area (Å²) in [6.07, 6.45) is 7.97. The van der Waals surface area contributed by atoms with Crippen LogP contribution in [0.25, 0.3) is 10.4 Å². The fourth-order valence-electron chi connectivity index (χ4n) is 3.32. The summed E-state index contributed by atoms with van der Waals surface area (Å²) in [7, 11) is 1.94. The molecule has 3 N–H and O–H groups in total. The van der Waals surface area contributed by atoms with Crippen molar-refractivity contribution in [3.8, 4) is 10.4 Å². The van der Waals surface area contributed by atoms with E-state index in [1.165, 1.54) is 28.2 Å². The zero-order chi connectivity index (χ0) is 17.6. The van der Waals surface area contributed by atoms with Gasteiger partial charge in [-0.1, -0.05) is 6.42 Å². The molecule has 2 aromatic heterocycles. The van der Waals surface area contributed by atoms with Crippen molar-refractivity contribution in [3.63, 3.8) is 0 Å². The van der Waals surface area contributed by atoms with Gasteiger partial charge in [0.25, 0.3) is 0 Å². The van der Waals surface area contributed by atoms with E-state index >= 15 is 0 Å². The van der Waals surface area contributed by atoms with Gasteiger partial charge in [0.15, 0.2) is 0 Å². The second-order valence-corrected chi connectivity index (χ2v) is 7.80. The molecular formula is C18H28ClN5OS. The van der Waals surface area contributed by atoms with E-state index in [-0.39, 0.29) is 18.3 Å². The van der Waals surface area contributed by atoms with Crippen molar-refractivity contribution in [2.24, 2.45) is 12.8 Å². The van der Waals surface area contributed by atoms with Crippen LogP contribution >= 0.6 is 23.7 Å². The van der Waals surface area contributed by atoms with E-state index in [9.17, 15) is 4.79 Å². The van der Waals surface area contributed by atoms with Gasteiger partial charge in [-0.25, -0.2) is 0 Å². The minimum Gasteiger partial charge on any atom is -0.354 e. The number of amides is 1. The smallest absolute Gasteiger partial charge is 0.221 e. The fourth-order valence-corrected chi connectivity index (χ4v) is 4.33. The van der Waals surface area contributed by atoms with Gasteiger partial charge in [-0.3, -0.25) is 14.4 Å². The van der Waals surface area contributed by atoms with Crippen LogP contribution in [0.15, 0.2) is 24.5 Å². The summed E-state index contributed by atoms with van der Waals surface area (Å²) in [5, 5.41) is 7.28. The number of aryl methyl sites for hydroxylation is 1. The third-order valence-corrected chi connectivity index (χ3v) is 5.78. The summed E-state index contributed by atoms with van der Waals surface area (Å²) in [5.41, 5.74) is 6.61. The predicted octanol–water partition coefficient (Wildman–Crippen LogP) is 2.39. The molecule has 1 fully saturated rings. The highest BCUT2D eigenvalue weighted by atomic mass is 35.5. The van der Waals surface area contributed by atoms with Gasteiger partial charge < -0.3 is 11.1 Å². The van der Waals surface area contributed by atoms with Crippen LogP contribution in [-0.4, -0.2) is 46.3 Å². The van der Waals surface area contributed by atoms with E-state index in [0.717, 1.165) is 26.1 Å². The third-order valence-electron chi connectivity index (χ3n) is 4.67. The number of piperidine rings is 1. The number of hydrogen-bond donors (Lipinski definition) is 2. The molecule has 2 aromatic rings. The molecule has 3 heterocycles. The first-order valence-electron chi connectivity index (χ1n) is 8.94. The summed E-state index contributed by atoms with van der Waals surface area (Å²) in [6.45, 7) is 3.17. The fraction of sp³-hybridized carbons (Fsp3) is 0.556. The Hall–Kier alpha value is -1.41. The van der Waals surface area contributed by atoms with E-state index in [4.69, 9.17) is 5.73 Å². The Balaban J connectivity index is 0.00000243. The number of rotatable bonds is 7. The van der Waals surface area contributed by atoms with Gasteiger partial charge in [-0.05, 0) is 31.5 Å². The molecule has 1 aliphatic heterocycles. The number of nitrogens with two attached hydrogens (primary N) is 1.